The molecule has 168 valence electrons. The minimum Gasteiger partial charge on any atom is -0.493 e. The summed E-state index contributed by atoms with van der Waals surface area (Å²) in [7, 11) is 4.82. The topological polar surface area (TPSA) is 87.8 Å². The lowest BCUT2D eigenvalue weighted by molar-refractivity contribution is 0.0955. The summed E-state index contributed by atoms with van der Waals surface area (Å²) in [6.45, 7) is 0.290. The molecule has 0 amide bonds. The maximum absolute atomic E-state index is 13.0. The van der Waals surface area contributed by atoms with Gasteiger partial charge in [-0.1, -0.05) is 36.4 Å². The summed E-state index contributed by atoms with van der Waals surface area (Å²) in [4.78, 5) is 13.0. The van der Waals surface area contributed by atoms with E-state index >= 15 is 0 Å². The summed E-state index contributed by atoms with van der Waals surface area (Å²) in [6.07, 6.45) is 1.06. The van der Waals surface area contributed by atoms with Crippen LogP contribution in [0.4, 0.5) is 0 Å². The summed E-state index contributed by atoms with van der Waals surface area (Å²) < 4.78 is 18.1. The minimum absolute atomic E-state index is 0.0176. The molecular formula is C25H24N4O4. The number of ketones is 1. The summed E-state index contributed by atoms with van der Waals surface area (Å²) in [5.41, 5.74) is 5.23. The quantitative estimate of drug-likeness (QED) is 0.446. The third kappa shape index (κ3) is 3.62. The lowest BCUT2D eigenvalue weighted by Gasteiger charge is -2.23. The molecule has 0 aliphatic heterocycles. The lowest BCUT2D eigenvalue weighted by atomic mass is 9.83. The number of aromatic nitrogens is 4. The Balaban J connectivity index is 1.69. The molecule has 4 aromatic rings. The number of rotatable bonds is 6. The molecule has 8 heteroatoms. The third-order valence-corrected chi connectivity index (χ3v) is 6.07. The van der Waals surface area contributed by atoms with Gasteiger partial charge < -0.3 is 14.2 Å². The normalized spacial score (nSPS) is 15.5. The highest BCUT2D eigenvalue weighted by atomic mass is 16.5. The second-order valence-electron chi connectivity index (χ2n) is 7.99. The second-order valence-corrected chi connectivity index (χ2v) is 7.99. The maximum atomic E-state index is 13.0. The van der Waals surface area contributed by atoms with Crippen LogP contribution < -0.4 is 9.47 Å². The van der Waals surface area contributed by atoms with Crippen LogP contribution >= 0.6 is 0 Å². The number of carbonyl (C=O) groups is 1. The molecule has 5 rings (SSSR count). The first-order valence-corrected chi connectivity index (χ1v) is 10.7. The number of fused-ring (bicyclic) bond motifs is 3. The number of hydrogen-bond acceptors (Lipinski definition) is 7. The van der Waals surface area contributed by atoms with E-state index in [1.165, 1.54) is 0 Å². The smallest absolute Gasteiger partial charge is 0.185 e. The zero-order valence-electron chi connectivity index (χ0n) is 18.7. The van der Waals surface area contributed by atoms with Gasteiger partial charge in [0.05, 0.1) is 37.8 Å². The first-order chi connectivity index (χ1) is 16.1. The van der Waals surface area contributed by atoms with Crippen LogP contribution in [0.1, 0.15) is 39.8 Å². The number of Topliss-reactive ketones (excluding diaryl/α,β-unsaturated/α-hetero) is 1. The zero-order valence-corrected chi connectivity index (χ0v) is 18.7. The monoisotopic (exact) mass is 444 g/mol. The van der Waals surface area contributed by atoms with Gasteiger partial charge in [-0.25, -0.2) is 4.52 Å². The Morgan fingerprint density at radius 3 is 2.48 bits per heavy atom. The zero-order chi connectivity index (χ0) is 22.9. The predicted molar refractivity (Wildman–Crippen MR) is 122 cm³/mol. The van der Waals surface area contributed by atoms with Crippen LogP contribution in [-0.2, 0) is 17.8 Å². The van der Waals surface area contributed by atoms with E-state index in [-0.39, 0.29) is 18.3 Å². The van der Waals surface area contributed by atoms with Crippen molar-refractivity contribution in [1.29, 1.82) is 0 Å². The number of benzene rings is 2. The molecule has 0 spiro atoms. The fourth-order valence-corrected chi connectivity index (χ4v) is 4.50. The van der Waals surface area contributed by atoms with Gasteiger partial charge in [-0.3, -0.25) is 4.79 Å². The van der Waals surface area contributed by atoms with Crippen LogP contribution in [0.3, 0.4) is 0 Å². The van der Waals surface area contributed by atoms with Gasteiger partial charge in [0.1, 0.15) is 0 Å². The molecule has 1 atom stereocenters. The molecule has 0 saturated carbocycles. The molecule has 1 aliphatic carbocycles. The van der Waals surface area contributed by atoms with Crippen molar-refractivity contribution in [2.75, 3.05) is 21.3 Å². The van der Waals surface area contributed by atoms with Crippen LogP contribution in [0.15, 0.2) is 48.5 Å². The molecule has 2 aromatic carbocycles. The molecular weight excluding hydrogens is 420 g/mol. The minimum atomic E-state index is -0.0176. The number of ether oxygens (including phenoxy) is 3. The molecule has 0 bridgehead atoms. The van der Waals surface area contributed by atoms with Crippen molar-refractivity contribution in [3.05, 3.63) is 71.2 Å². The first kappa shape index (κ1) is 21.1. The van der Waals surface area contributed by atoms with E-state index in [0.717, 1.165) is 22.4 Å². The number of hydrogen-bond donors (Lipinski definition) is 0. The SMILES string of the molecule is COCc1nn2c3c(nnc2c1-c1ccc(OC)c(OC)c1)C(=O)C[C@H](c1ccccc1)C3. The van der Waals surface area contributed by atoms with Crippen LogP contribution in [0.25, 0.3) is 16.8 Å². The maximum Gasteiger partial charge on any atom is 0.185 e. The van der Waals surface area contributed by atoms with E-state index in [4.69, 9.17) is 19.3 Å². The Bertz CT molecular complexity index is 1330. The largest absolute Gasteiger partial charge is 0.493 e. The van der Waals surface area contributed by atoms with Crippen molar-refractivity contribution < 1.29 is 19.0 Å². The summed E-state index contributed by atoms with van der Waals surface area (Å²) >= 11 is 0. The Hall–Kier alpha value is -3.78. The standard InChI is InChI=1S/C25H24N4O4/c1-31-14-18-23(16-9-10-21(32-2)22(13-16)33-3)25-27-26-24-19(29(25)28-18)11-17(12-20(24)30)15-7-5-4-6-8-15/h4-10,13,17H,11-12,14H2,1-3H3/t17-/m1/s1. The third-order valence-electron chi connectivity index (χ3n) is 6.07. The van der Waals surface area contributed by atoms with Gasteiger partial charge in [0.25, 0.3) is 0 Å². The molecule has 0 saturated heterocycles. The highest BCUT2D eigenvalue weighted by molar-refractivity contribution is 5.97. The summed E-state index contributed by atoms with van der Waals surface area (Å²) in [6, 6.07) is 15.7. The Morgan fingerprint density at radius 1 is 0.970 bits per heavy atom. The van der Waals surface area contributed by atoms with Crippen molar-refractivity contribution >= 4 is 11.4 Å². The number of carbonyl (C=O) groups excluding carboxylic acids is 1. The van der Waals surface area contributed by atoms with Crippen LogP contribution in [0.5, 0.6) is 11.5 Å². The van der Waals surface area contributed by atoms with Crippen molar-refractivity contribution in [1.82, 2.24) is 19.8 Å². The van der Waals surface area contributed by atoms with Crippen LogP contribution in [0, 0.1) is 0 Å². The summed E-state index contributed by atoms with van der Waals surface area (Å²) in [5.74, 6) is 1.28. The van der Waals surface area contributed by atoms with Crippen molar-refractivity contribution in [3.8, 4) is 22.6 Å². The van der Waals surface area contributed by atoms with E-state index < -0.39 is 0 Å². The van der Waals surface area contributed by atoms with Gasteiger partial charge in [-0.05, 0) is 35.6 Å². The average molecular weight is 444 g/mol. The Kier molecular flexibility index (Phi) is 5.51. The second kappa shape index (κ2) is 8.63. The van der Waals surface area contributed by atoms with Gasteiger partial charge in [0, 0.05) is 13.5 Å². The predicted octanol–water partition coefficient (Wildman–Crippen LogP) is 3.87. The fourth-order valence-electron chi connectivity index (χ4n) is 4.50. The van der Waals surface area contributed by atoms with Gasteiger partial charge in [0.2, 0.25) is 0 Å². The van der Waals surface area contributed by atoms with Crippen molar-refractivity contribution in [2.45, 2.75) is 25.4 Å². The van der Waals surface area contributed by atoms with E-state index in [1.54, 1.807) is 25.8 Å². The molecule has 0 radical (unpaired) electrons. The molecule has 8 nitrogen and oxygen atoms in total. The van der Waals surface area contributed by atoms with E-state index in [1.807, 2.05) is 36.4 Å². The molecule has 0 fully saturated rings. The number of nitrogens with zero attached hydrogens (tertiary/aromatic N) is 4. The van der Waals surface area contributed by atoms with Gasteiger partial charge in [0.15, 0.2) is 28.6 Å². The lowest BCUT2D eigenvalue weighted by Crippen LogP contribution is -2.24. The van der Waals surface area contributed by atoms with Crippen LogP contribution in [-0.4, -0.2) is 46.9 Å². The first-order valence-electron chi connectivity index (χ1n) is 10.7. The van der Waals surface area contributed by atoms with Gasteiger partial charge in [-0.2, -0.15) is 5.10 Å². The Labute approximate surface area is 191 Å². The van der Waals surface area contributed by atoms with E-state index in [0.29, 0.717) is 41.4 Å². The fraction of sp³-hybridized carbons (Fsp3) is 0.280. The highest BCUT2D eigenvalue weighted by Gasteiger charge is 2.32. The van der Waals surface area contributed by atoms with Crippen molar-refractivity contribution in [3.63, 3.8) is 0 Å². The molecule has 2 aromatic heterocycles. The molecule has 33 heavy (non-hydrogen) atoms. The Morgan fingerprint density at radius 2 is 1.76 bits per heavy atom. The van der Waals surface area contributed by atoms with Crippen LogP contribution in [0.2, 0.25) is 0 Å². The van der Waals surface area contributed by atoms with E-state index in [2.05, 4.69) is 22.3 Å². The molecule has 0 N–H and O–H groups in total. The highest BCUT2D eigenvalue weighted by Crippen LogP contribution is 2.37. The molecule has 2 heterocycles. The molecule has 0 unspecified atom stereocenters. The average Bonchev–Trinajstić information content (AvgIpc) is 3.22. The number of methoxy groups -OCH3 is 3. The summed E-state index contributed by atoms with van der Waals surface area (Å²) in [5, 5.41) is 13.6. The van der Waals surface area contributed by atoms with Crippen molar-refractivity contribution in [2.24, 2.45) is 0 Å². The van der Waals surface area contributed by atoms with Gasteiger partial charge >= 0.3 is 0 Å². The molecule has 1 aliphatic rings. The van der Waals surface area contributed by atoms with Gasteiger partial charge in [-0.15, -0.1) is 10.2 Å². The van der Waals surface area contributed by atoms with E-state index in [9.17, 15) is 4.79 Å².